The summed E-state index contributed by atoms with van der Waals surface area (Å²) in [5, 5.41) is 1.34. The zero-order valence-electron chi connectivity index (χ0n) is 11.6. The number of piperidine rings is 1. The van der Waals surface area contributed by atoms with Gasteiger partial charge in [0.2, 0.25) is 6.08 Å². The van der Waals surface area contributed by atoms with E-state index >= 15 is 0 Å². The van der Waals surface area contributed by atoms with Crippen molar-refractivity contribution in [2.75, 3.05) is 18.0 Å². The number of aromatic nitrogens is 1. The van der Waals surface area contributed by atoms with Crippen LogP contribution in [-0.4, -0.2) is 23.7 Å². The smallest absolute Gasteiger partial charge is 0.235 e. The molecule has 4 nitrogen and oxygen atoms in total. The summed E-state index contributed by atoms with van der Waals surface area (Å²) >= 11 is 0. The summed E-state index contributed by atoms with van der Waals surface area (Å²) in [6.45, 7) is 2.76. The van der Waals surface area contributed by atoms with Gasteiger partial charge in [-0.2, -0.15) is 0 Å². The predicted molar refractivity (Wildman–Crippen MR) is 78.9 cm³/mol. The molecular weight excluding hydrogens is 250 g/mol. The Labute approximate surface area is 117 Å². The fourth-order valence-electron chi connectivity index (χ4n) is 4.02. The van der Waals surface area contributed by atoms with Crippen LogP contribution in [0.1, 0.15) is 29.9 Å². The van der Waals surface area contributed by atoms with Crippen molar-refractivity contribution in [2.24, 2.45) is 12.0 Å². The average molecular weight is 267 g/mol. The normalized spacial score (nSPS) is 17.4. The first-order valence-corrected chi connectivity index (χ1v) is 7.20. The summed E-state index contributed by atoms with van der Waals surface area (Å²) in [4.78, 5) is 16.7. The molecule has 2 bridgehead atoms. The van der Waals surface area contributed by atoms with Gasteiger partial charge in [0, 0.05) is 31.1 Å². The number of aryl methyl sites for hydroxylation is 1. The molecule has 1 saturated heterocycles. The van der Waals surface area contributed by atoms with Crippen molar-refractivity contribution in [3.8, 4) is 0 Å². The summed E-state index contributed by atoms with van der Waals surface area (Å²) in [7, 11) is 2.13. The molecule has 3 aliphatic rings. The number of isocyanates is 1. The number of nitrogens with zero attached hydrogens (tertiary/aromatic N) is 3. The highest BCUT2D eigenvalue weighted by Crippen LogP contribution is 2.47. The fourth-order valence-corrected chi connectivity index (χ4v) is 4.02. The summed E-state index contributed by atoms with van der Waals surface area (Å²) in [5.41, 5.74) is 3.86. The number of hydrogen-bond acceptors (Lipinski definition) is 3. The van der Waals surface area contributed by atoms with Gasteiger partial charge in [0.15, 0.2) is 0 Å². The molecule has 0 radical (unpaired) electrons. The molecule has 0 N–H and O–H groups in total. The van der Waals surface area contributed by atoms with Crippen LogP contribution in [0, 0.1) is 0 Å². The Kier molecular flexibility index (Phi) is 2.48. The number of rotatable bonds is 2. The first-order chi connectivity index (χ1) is 9.81. The minimum atomic E-state index is 0.419. The SMILES string of the molecule is Cn1c2c(c3cccc(CN=C=O)c31)C1CCN2CC1. The van der Waals surface area contributed by atoms with Gasteiger partial charge in [0.05, 0.1) is 12.1 Å². The van der Waals surface area contributed by atoms with Gasteiger partial charge in [0.25, 0.3) is 0 Å². The molecule has 0 atom stereocenters. The number of aliphatic imine (C=N–C) groups is 1. The highest BCUT2D eigenvalue weighted by Gasteiger charge is 2.35. The molecule has 1 aromatic carbocycles. The van der Waals surface area contributed by atoms with Gasteiger partial charge in [-0.3, -0.25) is 0 Å². The lowest BCUT2D eigenvalue weighted by Crippen LogP contribution is -2.39. The van der Waals surface area contributed by atoms with E-state index < -0.39 is 0 Å². The van der Waals surface area contributed by atoms with Crippen molar-refractivity contribution >= 4 is 22.8 Å². The summed E-state index contributed by atoms with van der Waals surface area (Å²) in [6, 6.07) is 6.35. The second-order valence-electron chi connectivity index (χ2n) is 5.78. The molecule has 3 aliphatic heterocycles. The number of anilines is 1. The van der Waals surface area contributed by atoms with Crippen molar-refractivity contribution in [1.29, 1.82) is 0 Å². The van der Waals surface area contributed by atoms with Crippen LogP contribution in [0.25, 0.3) is 10.9 Å². The number of carbonyl (C=O) groups excluding carboxylic acids is 1. The second kappa shape index (κ2) is 4.22. The first-order valence-electron chi connectivity index (χ1n) is 7.20. The van der Waals surface area contributed by atoms with Crippen LogP contribution in [0.5, 0.6) is 0 Å². The number of fused-ring (bicyclic) bond motifs is 3. The maximum atomic E-state index is 10.4. The van der Waals surface area contributed by atoms with Crippen LogP contribution in [0.15, 0.2) is 23.2 Å². The Balaban J connectivity index is 2.03. The maximum absolute atomic E-state index is 10.4. The highest BCUT2D eigenvalue weighted by molar-refractivity contribution is 5.94. The Hall–Kier alpha value is -2.06. The van der Waals surface area contributed by atoms with Crippen molar-refractivity contribution < 1.29 is 4.79 Å². The maximum Gasteiger partial charge on any atom is 0.235 e. The van der Waals surface area contributed by atoms with Crippen LogP contribution in [0.2, 0.25) is 0 Å². The molecule has 0 spiro atoms. The Morgan fingerprint density at radius 3 is 2.90 bits per heavy atom. The Morgan fingerprint density at radius 2 is 2.15 bits per heavy atom. The van der Waals surface area contributed by atoms with E-state index in [4.69, 9.17) is 0 Å². The molecule has 1 fully saturated rings. The average Bonchev–Trinajstić information content (AvgIpc) is 2.83. The topological polar surface area (TPSA) is 37.6 Å². The summed E-state index contributed by atoms with van der Waals surface area (Å²) in [5.74, 6) is 2.08. The van der Waals surface area contributed by atoms with Gasteiger partial charge in [-0.05, 0) is 24.3 Å². The van der Waals surface area contributed by atoms with Gasteiger partial charge >= 0.3 is 0 Å². The van der Waals surface area contributed by atoms with Gasteiger partial charge in [0.1, 0.15) is 5.82 Å². The molecule has 0 saturated carbocycles. The summed E-state index contributed by atoms with van der Waals surface area (Å²) in [6.07, 6.45) is 4.18. The van der Waals surface area contributed by atoms with E-state index in [1.165, 1.54) is 48.2 Å². The lowest BCUT2D eigenvalue weighted by Gasteiger charge is -2.41. The molecule has 20 heavy (non-hydrogen) atoms. The van der Waals surface area contributed by atoms with Crippen LogP contribution in [0.3, 0.4) is 0 Å². The minimum absolute atomic E-state index is 0.419. The predicted octanol–water partition coefficient (Wildman–Crippen LogP) is 2.71. The van der Waals surface area contributed by atoms with Crippen LogP contribution in [-0.2, 0) is 18.4 Å². The van der Waals surface area contributed by atoms with Gasteiger partial charge in [-0.25, -0.2) is 9.79 Å². The van der Waals surface area contributed by atoms with Gasteiger partial charge < -0.3 is 9.47 Å². The molecule has 0 aliphatic carbocycles. The van der Waals surface area contributed by atoms with Crippen molar-refractivity contribution in [3.05, 3.63) is 29.3 Å². The van der Waals surface area contributed by atoms with Crippen LogP contribution in [0.4, 0.5) is 5.82 Å². The molecule has 4 heteroatoms. The monoisotopic (exact) mass is 267 g/mol. The molecule has 102 valence electrons. The van der Waals surface area contributed by atoms with Gasteiger partial charge in [-0.1, -0.05) is 18.2 Å². The number of benzene rings is 1. The van der Waals surface area contributed by atoms with Crippen molar-refractivity contribution in [3.63, 3.8) is 0 Å². The van der Waals surface area contributed by atoms with Crippen LogP contribution >= 0.6 is 0 Å². The van der Waals surface area contributed by atoms with E-state index in [1.54, 1.807) is 6.08 Å². The fraction of sp³-hybridized carbons (Fsp3) is 0.438. The van der Waals surface area contributed by atoms with E-state index in [0.29, 0.717) is 12.5 Å². The molecule has 4 heterocycles. The van der Waals surface area contributed by atoms with E-state index in [2.05, 4.69) is 39.7 Å². The first kappa shape index (κ1) is 11.7. The Bertz CT molecular complexity index is 732. The largest absolute Gasteiger partial charge is 0.358 e. The highest BCUT2D eigenvalue weighted by atomic mass is 16.1. The molecule has 0 unspecified atom stereocenters. The van der Waals surface area contributed by atoms with Crippen molar-refractivity contribution in [1.82, 2.24) is 4.57 Å². The lowest BCUT2D eigenvalue weighted by molar-refractivity contribution is 0.469. The number of para-hydroxylation sites is 1. The second-order valence-corrected chi connectivity index (χ2v) is 5.78. The Morgan fingerprint density at radius 1 is 1.35 bits per heavy atom. The summed E-state index contributed by atoms with van der Waals surface area (Å²) < 4.78 is 2.30. The van der Waals surface area contributed by atoms with E-state index in [9.17, 15) is 4.79 Å². The standard InChI is InChI=1S/C16H17N3O/c1-18-15-12(9-17-10-20)3-2-4-13(15)14-11-5-7-19(8-6-11)16(14)18/h2-4,11H,5-9H2,1H3. The van der Waals surface area contributed by atoms with E-state index in [-0.39, 0.29) is 0 Å². The molecule has 1 aromatic heterocycles. The van der Waals surface area contributed by atoms with Crippen LogP contribution < -0.4 is 4.90 Å². The number of hydrogen-bond donors (Lipinski definition) is 0. The van der Waals surface area contributed by atoms with Gasteiger partial charge in [-0.15, -0.1) is 0 Å². The van der Waals surface area contributed by atoms with E-state index in [1.807, 2.05) is 0 Å². The molecular formula is C16H17N3O. The molecule has 0 amide bonds. The third-order valence-electron chi connectivity index (χ3n) is 4.82. The third kappa shape index (κ3) is 1.43. The van der Waals surface area contributed by atoms with E-state index in [0.717, 1.165) is 5.56 Å². The quantitative estimate of drug-likeness (QED) is 0.620. The third-order valence-corrected chi connectivity index (χ3v) is 4.82. The minimum Gasteiger partial charge on any atom is -0.358 e. The zero-order chi connectivity index (χ0) is 13.7. The van der Waals surface area contributed by atoms with Crippen molar-refractivity contribution in [2.45, 2.75) is 25.3 Å². The molecule has 5 rings (SSSR count). The zero-order valence-corrected chi connectivity index (χ0v) is 11.6. The molecule has 2 aromatic rings. The lowest BCUT2D eigenvalue weighted by atomic mass is 9.84.